The second kappa shape index (κ2) is 5.06. The Morgan fingerprint density at radius 1 is 1.10 bits per heavy atom. The van der Waals surface area contributed by atoms with Crippen LogP contribution in [0.4, 0.5) is 5.95 Å². The second-order valence-corrected chi connectivity index (χ2v) is 4.66. The molecule has 1 heterocycles. The molecule has 0 aliphatic heterocycles. The zero-order valence-electron chi connectivity index (χ0n) is 11.0. The van der Waals surface area contributed by atoms with Crippen molar-refractivity contribution in [3.8, 4) is 6.07 Å². The molecule has 0 aliphatic carbocycles. The average molecular weight is 262 g/mol. The third kappa shape index (κ3) is 2.10. The lowest BCUT2D eigenvalue weighted by Crippen LogP contribution is -2.04. The van der Waals surface area contributed by atoms with Gasteiger partial charge in [-0.1, -0.05) is 42.5 Å². The van der Waals surface area contributed by atoms with E-state index >= 15 is 0 Å². The van der Waals surface area contributed by atoms with E-state index in [2.05, 4.69) is 23.2 Å². The number of hydrogen-bond acceptors (Lipinski definition) is 3. The summed E-state index contributed by atoms with van der Waals surface area (Å²) in [5.74, 6) is 0.481. The maximum Gasteiger partial charge on any atom is 0.201 e. The standard InChI is InChI=1S/C16H14N4/c17-10-9-13-7-4-8-14-15(13)19-16(18)20(14)11-12-5-2-1-3-6-12/h1-8H,9,11H2,(H2,18,19). The van der Waals surface area contributed by atoms with Gasteiger partial charge in [-0.2, -0.15) is 5.26 Å². The fourth-order valence-corrected chi connectivity index (χ4v) is 2.38. The van der Waals surface area contributed by atoms with E-state index < -0.39 is 0 Å². The largest absolute Gasteiger partial charge is 0.369 e. The summed E-state index contributed by atoms with van der Waals surface area (Å²) in [6.45, 7) is 0.680. The van der Waals surface area contributed by atoms with Crippen LogP contribution in [0.5, 0.6) is 0 Å². The molecule has 1 aromatic heterocycles. The monoisotopic (exact) mass is 262 g/mol. The van der Waals surface area contributed by atoms with Crippen LogP contribution >= 0.6 is 0 Å². The molecule has 3 aromatic rings. The van der Waals surface area contributed by atoms with Crippen molar-refractivity contribution in [2.45, 2.75) is 13.0 Å². The predicted molar refractivity (Wildman–Crippen MR) is 79.0 cm³/mol. The number of fused-ring (bicyclic) bond motifs is 1. The molecule has 0 amide bonds. The summed E-state index contributed by atoms with van der Waals surface area (Å²) in [5, 5.41) is 8.87. The molecule has 0 saturated heterocycles. The van der Waals surface area contributed by atoms with E-state index in [0.29, 0.717) is 18.9 Å². The van der Waals surface area contributed by atoms with E-state index in [1.165, 1.54) is 5.56 Å². The van der Waals surface area contributed by atoms with Gasteiger partial charge in [0.2, 0.25) is 5.95 Å². The van der Waals surface area contributed by atoms with Crippen LogP contribution in [0.1, 0.15) is 11.1 Å². The predicted octanol–water partition coefficient (Wildman–Crippen LogP) is 2.73. The van der Waals surface area contributed by atoms with Crippen molar-refractivity contribution in [2.24, 2.45) is 0 Å². The van der Waals surface area contributed by atoms with Gasteiger partial charge in [0.1, 0.15) is 0 Å². The minimum atomic E-state index is 0.346. The molecule has 0 aliphatic rings. The zero-order valence-corrected chi connectivity index (χ0v) is 11.0. The van der Waals surface area contributed by atoms with Gasteiger partial charge in [0, 0.05) is 0 Å². The highest BCUT2D eigenvalue weighted by Crippen LogP contribution is 2.23. The van der Waals surface area contributed by atoms with Gasteiger partial charge < -0.3 is 10.3 Å². The Hall–Kier alpha value is -2.80. The third-order valence-electron chi connectivity index (χ3n) is 3.35. The van der Waals surface area contributed by atoms with Gasteiger partial charge in [-0.25, -0.2) is 4.98 Å². The minimum absolute atomic E-state index is 0.346. The lowest BCUT2D eigenvalue weighted by molar-refractivity contribution is 0.838. The van der Waals surface area contributed by atoms with Crippen LogP contribution in [0.25, 0.3) is 11.0 Å². The first-order chi connectivity index (χ1) is 9.79. The van der Waals surface area contributed by atoms with Crippen LogP contribution < -0.4 is 5.73 Å². The van der Waals surface area contributed by atoms with E-state index in [4.69, 9.17) is 11.0 Å². The highest BCUT2D eigenvalue weighted by Gasteiger charge is 2.11. The van der Waals surface area contributed by atoms with Crippen molar-refractivity contribution in [3.63, 3.8) is 0 Å². The van der Waals surface area contributed by atoms with Crippen LogP contribution in [0.2, 0.25) is 0 Å². The number of rotatable bonds is 3. The molecule has 20 heavy (non-hydrogen) atoms. The molecular formula is C16H14N4. The van der Waals surface area contributed by atoms with E-state index in [1.807, 2.05) is 41.0 Å². The Bertz CT molecular complexity index is 781. The molecule has 4 nitrogen and oxygen atoms in total. The van der Waals surface area contributed by atoms with Crippen LogP contribution in [-0.2, 0) is 13.0 Å². The average Bonchev–Trinajstić information content (AvgIpc) is 2.78. The van der Waals surface area contributed by atoms with Gasteiger partial charge in [-0.05, 0) is 17.2 Å². The summed E-state index contributed by atoms with van der Waals surface area (Å²) in [6, 6.07) is 18.1. The number of nitrogens with zero attached hydrogens (tertiary/aromatic N) is 3. The van der Waals surface area contributed by atoms with Crippen molar-refractivity contribution in [3.05, 3.63) is 59.7 Å². The maximum absolute atomic E-state index is 8.87. The summed E-state index contributed by atoms with van der Waals surface area (Å²) in [7, 11) is 0. The van der Waals surface area contributed by atoms with Crippen LogP contribution in [0.3, 0.4) is 0 Å². The van der Waals surface area contributed by atoms with E-state index in [1.54, 1.807) is 0 Å². The molecule has 0 unspecified atom stereocenters. The summed E-state index contributed by atoms with van der Waals surface area (Å²) < 4.78 is 1.98. The summed E-state index contributed by atoms with van der Waals surface area (Å²) in [5.41, 5.74) is 9.92. The number of para-hydroxylation sites is 1. The molecule has 0 fully saturated rings. The first kappa shape index (κ1) is 12.2. The van der Waals surface area contributed by atoms with Crippen LogP contribution in [0, 0.1) is 11.3 Å². The number of nitriles is 1. The number of hydrogen-bond donors (Lipinski definition) is 1. The summed E-state index contributed by atoms with van der Waals surface area (Å²) >= 11 is 0. The Labute approximate surface area is 117 Å². The Morgan fingerprint density at radius 2 is 1.90 bits per heavy atom. The summed E-state index contributed by atoms with van der Waals surface area (Å²) in [4.78, 5) is 4.42. The van der Waals surface area contributed by atoms with Gasteiger partial charge in [-0.3, -0.25) is 0 Å². The highest BCUT2D eigenvalue weighted by atomic mass is 15.1. The van der Waals surface area contributed by atoms with Crippen LogP contribution in [-0.4, -0.2) is 9.55 Å². The minimum Gasteiger partial charge on any atom is -0.369 e. The second-order valence-electron chi connectivity index (χ2n) is 4.66. The zero-order chi connectivity index (χ0) is 13.9. The van der Waals surface area contributed by atoms with E-state index in [-0.39, 0.29) is 0 Å². The lowest BCUT2D eigenvalue weighted by Gasteiger charge is -2.06. The van der Waals surface area contributed by atoms with Crippen LogP contribution in [0.15, 0.2) is 48.5 Å². The van der Waals surface area contributed by atoms with Gasteiger partial charge in [0.25, 0.3) is 0 Å². The van der Waals surface area contributed by atoms with E-state index in [9.17, 15) is 0 Å². The molecule has 0 bridgehead atoms. The van der Waals surface area contributed by atoms with Gasteiger partial charge in [0.05, 0.1) is 30.1 Å². The third-order valence-corrected chi connectivity index (χ3v) is 3.35. The van der Waals surface area contributed by atoms with E-state index in [0.717, 1.165) is 16.6 Å². The molecule has 2 aromatic carbocycles. The molecule has 2 N–H and O–H groups in total. The molecule has 0 spiro atoms. The molecule has 3 rings (SSSR count). The smallest absolute Gasteiger partial charge is 0.201 e. The Balaban J connectivity index is 2.10. The van der Waals surface area contributed by atoms with Crippen molar-refractivity contribution >= 4 is 17.0 Å². The Morgan fingerprint density at radius 3 is 2.65 bits per heavy atom. The molecule has 0 saturated carbocycles. The van der Waals surface area contributed by atoms with Gasteiger partial charge in [-0.15, -0.1) is 0 Å². The normalized spacial score (nSPS) is 10.6. The number of nitrogens with two attached hydrogens (primary N) is 1. The maximum atomic E-state index is 8.87. The molecule has 98 valence electrons. The number of nitrogen functional groups attached to an aromatic ring is 1. The van der Waals surface area contributed by atoms with Gasteiger partial charge >= 0.3 is 0 Å². The van der Waals surface area contributed by atoms with Crippen molar-refractivity contribution < 1.29 is 0 Å². The first-order valence-corrected chi connectivity index (χ1v) is 6.44. The quantitative estimate of drug-likeness (QED) is 0.789. The van der Waals surface area contributed by atoms with Crippen molar-refractivity contribution in [2.75, 3.05) is 5.73 Å². The van der Waals surface area contributed by atoms with Crippen molar-refractivity contribution in [1.29, 1.82) is 5.26 Å². The number of aromatic nitrogens is 2. The SMILES string of the molecule is N#CCc1cccc2c1nc(N)n2Cc1ccccc1. The first-order valence-electron chi connectivity index (χ1n) is 6.44. The topological polar surface area (TPSA) is 67.6 Å². The number of benzene rings is 2. The highest BCUT2D eigenvalue weighted by molar-refractivity contribution is 5.82. The van der Waals surface area contributed by atoms with Gasteiger partial charge in [0.15, 0.2) is 0 Å². The fourth-order valence-electron chi connectivity index (χ4n) is 2.38. The molecular weight excluding hydrogens is 248 g/mol. The summed E-state index contributed by atoms with van der Waals surface area (Å²) in [6.07, 6.45) is 0.346. The Kier molecular flexibility index (Phi) is 3.10. The lowest BCUT2D eigenvalue weighted by atomic mass is 10.1. The number of imidazole rings is 1. The molecule has 4 heteroatoms. The number of anilines is 1. The van der Waals surface area contributed by atoms with Crippen molar-refractivity contribution in [1.82, 2.24) is 9.55 Å². The molecule has 0 atom stereocenters. The molecule has 0 radical (unpaired) electrons. The fraction of sp³-hybridized carbons (Fsp3) is 0.125.